The molecule has 8 heteroatoms. The highest BCUT2D eigenvalue weighted by Crippen LogP contribution is 2.28. The maximum atomic E-state index is 13.1. The normalized spacial score (nSPS) is 16.8. The lowest BCUT2D eigenvalue weighted by molar-refractivity contribution is 0.177. The molecule has 2 heterocycles. The molecule has 1 aliphatic heterocycles. The Bertz CT molecular complexity index is 884. The number of methoxy groups -OCH3 is 1. The predicted octanol–water partition coefficient (Wildman–Crippen LogP) is 2.11. The van der Waals surface area contributed by atoms with Crippen molar-refractivity contribution in [2.24, 2.45) is 0 Å². The van der Waals surface area contributed by atoms with Gasteiger partial charge in [-0.05, 0) is 44.0 Å². The Morgan fingerprint density at radius 1 is 1.08 bits per heavy atom. The maximum Gasteiger partial charge on any atom is 0.243 e. The zero-order valence-electron chi connectivity index (χ0n) is 15.7. The van der Waals surface area contributed by atoms with Crippen molar-refractivity contribution in [3.8, 4) is 5.75 Å². The van der Waals surface area contributed by atoms with Crippen LogP contribution in [0.2, 0.25) is 0 Å². The first-order valence-electron chi connectivity index (χ1n) is 8.61. The van der Waals surface area contributed by atoms with Gasteiger partial charge in [0.1, 0.15) is 11.5 Å². The summed E-state index contributed by atoms with van der Waals surface area (Å²) in [5.74, 6) is 1.49. The van der Waals surface area contributed by atoms with Gasteiger partial charge in [-0.25, -0.2) is 8.42 Å². The Labute approximate surface area is 154 Å². The molecular weight excluding hydrogens is 354 g/mol. The molecule has 1 aliphatic rings. The summed E-state index contributed by atoms with van der Waals surface area (Å²) in [7, 11) is -1.93. The van der Waals surface area contributed by atoms with Crippen molar-refractivity contribution in [1.82, 2.24) is 14.4 Å². The average molecular weight is 379 g/mol. The minimum Gasteiger partial charge on any atom is -0.496 e. The van der Waals surface area contributed by atoms with Crippen LogP contribution >= 0.6 is 0 Å². The molecule has 0 radical (unpaired) electrons. The van der Waals surface area contributed by atoms with Crippen molar-refractivity contribution >= 4 is 10.0 Å². The van der Waals surface area contributed by atoms with E-state index in [1.165, 1.54) is 0 Å². The Balaban J connectivity index is 1.71. The van der Waals surface area contributed by atoms with Crippen LogP contribution in [0.3, 0.4) is 0 Å². The number of sulfonamides is 1. The molecule has 0 atom stereocenters. The van der Waals surface area contributed by atoms with E-state index in [2.05, 4.69) is 10.1 Å². The highest BCUT2D eigenvalue weighted by molar-refractivity contribution is 7.89. The van der Waals surface area contributed by atoms with E-state index >= 15 is 0 Å². The molecular formula is C18H25N3O4S. The van der Waals surface area contributed by atoms with Crippen LogP contribution in [0.15, 0.2) is 27.6 Å². The highest BCUT2D eigenvalue weighted by atomic mass is 32.2. The van der Waals surface area contributed by atoms with Gasteiger partial charge in [-0.2, -0.15) is 4.31 Å². The number of hydrogen-bond donors (Lipinski definition) is 0. The number of aromatic nitrogens is 1. The number of hydrogen-bond acceptors (Lipinski definition) is 6. The molecule has 3 rings (SSSR count). The molecule has 7 nitrogen and oxygen atoms in total. The van der Waals surface area contributed by atoms with Crippen molar-refractivity contribution in [3.05, 3.63) is 40.8 Å². The fourth-order valence-corrected chi connectivity index (χ4v) is 4.96. The topological polar surface area (TPSA) is 75.9 Å². The molecule has 1 fully saturated rings. The van der Waals surface area contributed by atoms with Gasteiger partial charge in [0.15, 0.2) is 0 Å². The summed E-state index contributed by atoms with van der Waals surface area (Å²) in [5, 5.41) is 4.00. The summed E-state index contributed by atoms with van der Waals surface area (Å²) in [5.41, 5.74) is 2.39. The summed E-state index contributed by atoms with van der Waals surface area (Å²) < 4.78 is 38.1. The zero-order chi connectivity index (χ0) is 18.9. The third-order valence-electron chi connectivity index (χ3n) is 4.70. The SMILES string of the molecule is COc1cc(C)c(S(=O)(=O)N2CCN(Cc3cc(C)on3)CC2)cc1C. The summed E-state index contributed by atoms with van der Waals surface area (Å²) in [6.07, 6.45) is 0. The summed E-state index contributed by atoms with van der Waals surface area (Å²) >= 11 is 0. The second-order valence-corrected chi connectivity index (χ2v) is 8.60. The van der Waals surface area contributed by atoms with Crippen LogP contribution in [-0.4, -0.2) is 56.1 Å². The van der Waals surface area contributed by atoms with E-state index in [1.54, 1.807) is 30.5 Å². The van der Waals surface area contributed by atoms with Gasteiger partial charge in [0.05, 0.1) is 17.7 Å². The van der Waals surface area contributed by atoms with Gasteiger partial charge in [-0.3, -0.25) is 4.90 Å². The third-order valence-corrected chi connectivity index (χ3v) is 6.74. The van der Waals surface area contributed by atoms with Crippen molar-refractivity contribution in [1.29, 1.82) is 0 Å². The molecule has 2 aromatic rings. The minimum absolute atomic E-state index is 0.358. The number of nitrogens with zero attached hydrogens (tertiary/aromatic N) is 3. The van der Waals surface area contributed by atoms with Gasteiger partial charge in [0.2, 0.25) is 10.0 Å². The van der Waals surface area contributed by atoms with E-state index in [9.17, 15) is 8.42 Å². The quantitative estimate of drug-likeness (QED) is 0.792. The van der Waals surface area contributed by atoms with Crippen molar-refractivity contribution in [3.63, 3.8) is 0 Å². The lowest BCUT2D eigenvalue weighted by atomic mass is 10.1. The molecule has 1 aromatic heterocycles. The van der Waals surface area contributed by atoms with Crippen LogP contribution in [0, 0.1) is 20.8 Å². The van der Waals surface area contributed by atoms with Gasteiger partial charge in [-0.15, -0.1) is 0 Å². The van der Waals surface area contributed by atoms with Gasteiger partial charge in [-0.1, -0.05) is 5.16 Å². The molecule has 0 unspecified atom stereocenters. The molecule has 0 N–H and O–H groups in total. The van der Waals surface area contributed by atoms with Crippen molar-refractivity contribution < 1.29 is 17.7 Å². The summed E-state index contributed by atoms with van der Waals surface area (Å²) in [6.45, 7) is 8.45. The van der Waals surface area contributed by atoms with E-state index in [1.807, 2.05) is 19.9 Å². The third kappa shape index (κ3) is 3.77. The largest absolute Gasteiger partial charge is 0.496 e. The van der Waals surface area contributed by atoms with Crippen LogP contribution in [0.1, 0.15) is 22.6 Å². The van der Waals surface area contributed by atoms with E-state index in [-0.39, 0.29) is 0 Å². The summed E-state index contributed by atoms with van der Waals surface area (Å²) in [6, 6.07) is 5.39. The van der Waals surface area contributed by atoms with E-state index in [0.717, 1.165) is 17.0 Å². The first kappa shape index (κ1) is 18.9. The van der Waals surface area contributed by atoms with E-state index in [4.69, 9.17) is 9.26 Å². The minimum atomic E-state index is -3.52. The number of rotatable bonds is 5. The van der Waals surface area contributed by atoms with E-state index in [0.29, 0.717) is 48.9 Å². The lowest BCUT2D eigenvalue weighted by Gasteiger charge is -2.33. The molecule has 1 saturated heterocycles. The second-order valence-electron chi connectivity index (χ2n) is 6.70. The monoisotopic (exact) mass is 379 g/mol. The molecule has 26 heavy (non-hydrogen) atoms. The molecule has 0 saturated carbocycles. The number of aryl methyl sites for hydroxylation is 3. The lowest BCUT2D eigenvalue weighted by Crippen LogP contribution is -2.48. The Hall–Kier alpha value is -1.90. The molecule has 0 spiro atoms. The van der Waals surface area contributed by atoms with Crippen LogP contribution in [0.4, 0.5) is 0 Å². The summed E-state index contributed by atoms with van der Waals surface area (Å²) in [4.78, 5) is 2.55. The van der Waals surface area contributed by atoms with Crippen molar-refractivity contribution in [2.45, 2.75) is 32.2 Å². The molecule has 0 bridgehead atoms. The molecule has 0 aliphatic carbocycles. The maximum absolute atomic E-state index is 13.1. The molecule has 0 amide bonds. The first-order valence-corrected chi connectivity index (χ1v) is 10.0. The molecule has 142 valence electrons. The number of ether oxygens (including phenoxy) is 1. The van der Waals surface area contributed by atoms with Crippen molar-refractivity contribution in [2.75, 3.05) is 33.3 Å². The average Bonchev–Trinajstić information content (AvgIpc) is 3.01. The number of benzene rings is 1. The fraction of sp³-hybridized carbons (Fsp3) is 0.500. The Morgan fingerprint density at radius 2 is 1.77 bits per heavy atom. The smallest absolute Gasteiger partial charge is 0.243 e. The zero-order valence-corrected chi connectivity index (χ0v) is 16.5. The number of piperazine rings is 1. The first-order chi connectivity index (χ1) is 12.3. The fourth-order valence-electron chi connectivity index (χ4n) is 3.25. The van der Waals surface area contributed by atoms with Gasteiger partial charge < -0.3 is 9.26 Å². The standard InChI is InChI=1S/C18H25N3O4S/c1-13-10-18(14(2)9-17(13)24-4)26(22,23)21-7-5-20(6-8-21)12-16-11-15(3)25-19-16/h9-11H,5-8,12H2,1-4H3. The predicted molar refractivity (Wildman–Crippen MR) is 97.7 cm³/mol. The Kier molecular flexibility index (Phi) is 5.36. The van der Waals surface area contributed by atoms with Crippen LogP contribution < -0.4 is 4.74 Å². The van der Waals surface area contributed by atoms with Gasteiger partial charge >= 0.3 is 0 Å². The van der Waals surface area contributed by atoms with Crippen LogP contribution in [0.5, 0.6) is 5.75 Å². The Morgan fingerprint density at radius 3 is 2.35 bits per heavy atom. The van der Waals surface area contributed by atoms with E-state index < -0.39 is 10.0 Å². The highest BCUT2D eigenvalue weighted by Gasteiger charge is 2.30. The van der Waals surface area contributed by atoms with Crippen LogP contribution in [0.25, 0.3) is 0 Å². The molecule has 1 aromatic carbocycles. The van der Waals surface area contributed by atoms with Crippen LogP contribution in [-0.2, 0) is 16.6 Å². The van der Waals surface area contributed by atoms with Gasteiger partial charge in [0, 0.05) is 38.8 Å². The van der Waals surface area contributed by atoms with Gasteiger partial charge in [0.25, 0.3) is 0 Å². The second kappa shape index (κ2) is 7.38.